The Bertz CT molecular complexity index is 776. The first kappa shape index (κ1) is 16.4. The van der Waals surface area contributed by atoms with Crippen molar-refractivity contribution in [3.8, 4) is 11.8 Å². The molecule has 5 nitrogen and oxygen atoms in total. The van der Waals surface area contributed by atoms with Crippen LogP contribution in [0.1, 0.15) is 29.8 Å². The standard InChI is InChI=1S/C18H19N3O2/c1-18(2,23)7-6-12-4-3-5-16(8-12)21-17(22)13-9-14(19)11-15(20)10-13/h3-5,8-11,23H,19-20H2,1-2H3,(H,21,22). The number of amides is 1. The van der Waals surface area contributed by atoms with Gasteiger partial charge in [0, 0.05) is 28.2 Å². The molecule has 6 N–H and O–H groups in total. The zero-order chi connectivity index (χ0) is 17.0. The van der Waals surface area contributed by atoms with Crippen molar-refractivity contribution in [3.63, 3.8) is 0 Å². The van der Waals surface area contributed by atoms with Crippen LogP contribution in [0.15, 0.2) is 42.5 Å². The molecule has 0 aliphatic carbocycles. The first-order chi connectivity index (χ1) is 10.7. The Labute approximate surface area is 135 Å². The lowest BCUT2D eigenvalue weighted by Crippen LogP contribution is -2.14. The molecular formula is C18H19N3O2. The molecule has 0 spiro atoms. The topological polar surface area (TPSA) is 101 Å². The molecule has 5 heteroatoms. The Morgan fingerprint density at radius 2 is 1.78 bits per heavy atom. The van der Waals surface area contributed by atoms with Crippen LogP contribution in [0.5, 0.6) is 0 Å². The number of hydrogen-bond donors (Lipinski definition) is 4. The van der Waals surface area contributed by atoms with Gasteiger partial charge in [-0.3, -0.25) is 4.79 Å². The molecule has 0 bridgehead atoms. The summed E-state index contributed by atoms with van der Waals surface area (Å²) in [5.74, 6) is 5.28. The van der Waals surface area contributed by atoms with Gasteiger partial charge in [-0.15, -0.1) is 0 Å². The number of carbonyl (C=O) groups is 1. The maximum absolute atomic E-state index is 12.2. The van der Waals surface area contributed by atoms with Gasteiger partial charge in [0.2, 0.25) is 0 Å². The van der Waals surface area contributed by atoms with Gasteiger partial charge >= 0.3 is 0 Å². The lowest BCUT2D eigenvalue weighted by Gasteiger charge is -2.08. The molecule has 0 heterocycles. The highest BCUT2D eigenvalue weighted by molar-refractivity contribution is 6.05. The number of rotatable bonds is 2. The summed E-state index contributed by atoms with van der Waals surface area (Å²) in [4.78, 5) is 12.2. The first-order valence-electron chi connectivity index (χ1n) is 7.06. The predicted octanol–water partition coefficient (Wildman–Crippen LogP) is 2.23. The summed E-state index contributed by atoms with van der Waals surface area (Å²) in [6.45, 7) is 3.21. The summed E-state index contributed by atoms with van der Waals surface area (Å²) < 4.78 is 0. The Morgan fingerprint density at radius 3 is 2.39 bits per heavy atom. The van der Waals surface area contributed by atoms with E-state index in [1.165, 1.54) is 0 Å². The lowest BCUT2D eigenvalue weighted by atomic mass is 10.1. The molecule has 23 heavy (non-hydrogen) atoms. The van der Waals surface area contributed by atoms with Crippen molar-refractivity contribution >= 4 is 23.0 Å². The number of carbonyl (C=O) groups excluding carboxylic acids is 1. The highest BCUT2D eigenvalue weighted by Crippen LogP contribution is 2.16. The quantitative estimate of drug-likeness (QED) is 0.504. The third-order valence-electron chi connectivity index (χ3n) is 2.87. The second-order valence-electron chi connectivity index (χ2n) is 5.73. The zero-order valence-corrected chi connectivity index (χ0v) is 13.1. The Kier molecular flexibility index (Phi) is 4.58. The third kappa shape index (κ3) is 5.06. The van der Waals surface area contributed by atoms with E-state index in [9.17, 15) is 9.90 Å². The van der Waals surface area contributed by atoms with Gasteiger partial charge in [-0.2, -0.15) is 0 Å². The number of benzene rings is 2. The van der Waals surface area contributed by atoms with Crippen LogP contribution < -0.4 is 16.8 Å². The Balaban J connectivity index is 2.19. The number of hydrogen-bond acceptors (Lipinski definition) is 4. The molecule has 2 aromatic carbocycles. The zero-order valence-electron chi connectivity index (χ0n) is 13.1. The van der Waals surface area contributed by atoms with Crippen molar-refractivity contribution in [3.05, 3.63) is 53.6 Å². The number of nitrogens with one attached hydrogen (secondary N) is 1. The van der Waals surface area contributed by atoms with Gasteiger partial charge in [-0.1, -0.05) is 17.9 Å². The van der Waals surface area contributed by atoms with Crippen molar-refractivity contribution in [1.29, 1.82) is 0 Å². The fourth-order valence-corrected chi connectivity index (χ4v) is 1.91. The average molecular weight is 309 g/mol. The molecule has 1 amide bonds. The van der Waals surface area contributed by atoms with Gasteiger partial charge in [0.15, 0.2) is 0 Å². The molecule has 0 aliphatic rings. The van der Waals surface area contributed by atoms with Crippen LogP contribution in [0.4, 0.5) is 17.1 Å². The summed E-state index contributed by atoms with van der Waals surface area (Å²) in [7, 11) is 0. The predicted molar refractivity (Wildman–Crippen MR) is 92.8 cm³/mol. The smallest absolute Gasteiger partial charge is 0.255 e. The van der Waals surface area contributed by atoms with Crippen molar-refractivity contribution < 1.29 is 9.90 Å². The summed E-state index contributed by atoms with van der Waals surface area (Å²) >= 11 is 0. The normalized spacial score (nSPS) is 10.6. The highest BCUT2D eigenvalue weighted by atomic mass is 16.3. The van der Waals surface area contributed by atoms with Crippen LogP contribution in [-0.2, 0) is 0 Å². The van der Waals surface area contributed by atoms with E-state index in [0.29, 0.717) is 28.2 Å². The van der Waals surface area contributed by atoms with Gasteiger partial charge < -0.3 is 21.9 Å². The number of nitrogen functional groups attached to an aromatic ring is 2. The van der Waals surface area contributed by atoms with Crippen molar-refractivity contribution in [2.75, 3.05) is 16.8 Å². The van der Waals surface area contributed by atoms with Gasteiger partial charge in [0.1, 0.15) is 5.60 Å². The maximum atomic E-state index is 12.2. The van der Waals surface area contributed by atoms with E-state index in [1.807, 2.05) is 0 Å². The van der Waals surface area contributed by atoms with Crippen molar-refractivity contribution in [2.24, 2.45) is 0 Å². The highest BCUT2D eigenvalue weighted by Gasteiger charge is 2.09. The molecular weight excluding hydrogens is 290 g/mol. The minimum absolute atomic E-state index is 0.309. The van der Waals surface area contributed by atoms with Crippen LogP contribution in [0.25, 0.3) is 0 Å². The van der Waals surface area contributed by atoms with Gasteiger partial charge in [0.25, 0.3) is 5.91 Å². The van der Waals surface area contributed by atoms with Crippen LogP contribution >= 0.6 is 0 Å². The summed E-state index contributed by atoms with van der Waals surface area (Å²) in [5, 5.41) is 12.4. The molecule has 0 aromatic heterocycles. The molecule has 0 atom stereocenters. The molecule has 0 saturated carbocycles. The minimum Gasteiger partial charge on any atom is -0.399 e. The summed E-state index contributed by atoms with van der Waals surface area (Å²) in [5.41, 5.74) is 12.8. The molecule has 2 rings (SSSR count). The summed E-state index contributed by atoms with van der Waals surface area (Å²) in [6, 6.07) is 11.8. The van der Waals surface area contributed by atoms with Crippen LogP contribution in [-0.4, -0.2) is 16.6 Å². The van der Waals surface area contributed by atoms with Gasteiger partial charge in [-0.05, 0) is 50.2 Å². The number of aliphatic hydroxyl groups is 1. The molecule has 0 unspecified atom stereocenters. The van der Waals surface area contributed by atoms with E-state index in [-0.39, 0.29) is 5.91 Å². The average Bonchev–Trinajstić information content (AvgIpc) is 2.44. The molecule has 118 valence electrons. The maximum Gasteiger partial charge on any atom is 0.255 e. The second kappa shape index (κ2) is 6.42. The van der Waals surface area contributed by atoms with Gasteiger partial charge in [-0.25, -0.2) is 0 Å². The van der Waals surface area contributed by atoms with Crippen LogP contribution in [0.3, 0.4) is 0 Å². The fraction of sp³-hybridized carbons (Fsp3) is 0.167. The van der Waals surface area contributed by atoms with E-state index in [1.54, 1.807) is 56.3 Å². The molecule has 0 saturated heterocycles. The second-order valence-corrected chi connectivity index (χ2v) is 5.73. The minimum atomic E-state index is -1.07. The Morgan fingerprint density at radius 1 is 1.13 bits per heavy atom. The number of anilines is 3. The van der Waals surface area contributed by atoms with Crippen molar-refractivity contribution in [1.82, 2.24) is 0 Å². The molecule has 0 radical (unpaired) electrons. The SMILES string of the molecule is CC(C)(O)C#Cc1cccc(NC(=O)c2cc(N)cc(N)c2)c1. The van der Waals surface area contributed by atoms with E-state index >= 15 is 0 Å². The monoisotopic (exact) mass is 309 g/mol. The molecule has 2 aromatic rings. The molecule has 0 fully saturated rings. The third-order valence-corrected chi connectivity index (χ3v) is 2.87. The fourth-order valence-electron chi connectivity index (χ4n) is 1.91. The first-order valence-corrected chi connectivity index (χ1v) is 7.06. The van der Waals surface area contributed by atoms with E-state index in [2.05, 4.69) is 17.2 Å². The lowest BCUT2D eigenvalue weighted by molar-refractivity contribution is 0.102. The Hall–Kier alpha value is -2.97. The van der Waals surface area contributed by atoms with E-state index in [0.717, 1.165) is 0 Å². The van der Waals surface area contributed by atoms with Crippen LogP contribution in [0.2, 0.25) is 0 Å². The van der Waals surface area contributed by atoms with Gasteiger partial charge in [0.05, 0.1) is 0 Å². The van der Waals surface area contributed by atoms with E-state index < -0.39 is 5.60 Å². The molecule has 0 aliphatic heterocycles. The van der Waals surface area contributed by atoms with E-state index in [4.69, 9.17) is 11.5 Å². The van der Waals surface area contributed by atoms with Crippen molar-refractivity contribution in [2.45, 2.75) is 19.4 Å². The number of nitrogens with two attached hydrogens (primary N) is 2. The largest absolute Gasteiger partial charge is 0.399 e. The van der Waals surface area contributed by atoms with Crippen LogP contribution in [0, 0.1) is 11.8 Å². The summed E-state index contributed by atoms with van der Waals surface area (Å²) in [6.07, 6.45) is 0.